The second kappa shape index (κ2) is 4.97. The van der Waals surface area contributed by atoms with Crippen molar-refractivity contribution in [2.75, 3.05) is 0 Å². The van der Waals surface area contributed by atoms with Crippen molar-refractivity contribution in [3.05, 3.63) is 23.3 Å². The normalized spacial score (nSPS) is 13.2. The molecule has 0 nitrogen and oxygen atoms in total. The first kappa shape index (κ1) is 15.7. The predicted octanol–water partition coefficient (Wildman–Crippen LogP) is 4.21. The summed E-state index contributed by atoms with van der Waals surface area (Å²) in [7, 11) is -2.46. The number of aryl methyl sites for hydroxylation is 1. The molecule has 2 heteroatoms. The zero-order valence-corrected chi connectivity index (χ0v) is 15.7. The molecule has 0 unspecified atom stereocenters. The van der Waals surface area contributed by atoms with Gasteiger partial charge in [-0.05, 0) is 18.4 Å². The second-order valence-corrected chi connectivity index (χ2v) is 18.0. The molecule has 1 aromatic rings. The van der Waals surface area contributed by atoms with Crippen molar-refractivity contribution in [1.29, 1.82) is 0 Å². The first-order valence-corrected chi connectivity index (χ1v) is 14.1. The van der Waals surface area contributed by atoms with Gasteiger partial charge in [0.05, 0.1) is 16.1 Å². The van der Waals surface area contributed by atoms with E-state index >= 15 is 0 Å². The van der Waals surface area contributed by atoms with Crippen molar-refractivity contribution < 1.29 is 0 Å². The maximum atomic E-state index is 2.54. The molecule has 0 bridgehead atoms. The molecule has 0 saturated carbocycles. The average molecular weight is 279 g/mol. The Balaban J connectivity index is 3.55. The number of rotatable bonds is 3. The number of benzene rings is 1. The lowest BCUT2D eigenvalue weighted by Crippen LogP contribution is -2.46. The lowest BCUT2D eigenvalue weighted by atomic mass is 10.0. The van der Waals surface area contributed by atoms with E-state index in [9.17, 15) is 0 Å². The zero-order valence-electron chi connectivity index (χ0n) is 13.7. The van der Waals surface area contributed by atoms with Crippen LogP contribution in [0.3, 0.4) is 0 Å². The molecule has 0 saturated heterocycles. The van der Waals surface area contributed by atoms with Crippen LogP contribution >= 0.6 is 0 Å². The molecule has 1 rings (SSSR count). The molecule has 0 heterocycles. The SMILES string of the molecule is Cc1cc([Si](C)(C)C)c(C(C)C)cc1[Si](C)(C)C. The lowest BCUT2D eigenvalue weighted by molar-refractivity contribution is 0.872. The molecule has 0 fully saturated rings. The van der Waals surface area contributed by atoms with Crippen LogP contribution in [0.4, 0.5) is 0 Å². The Kier molecular flexibility index (Phi) is 4.34. The highest BCUT2D eigenvalue weighted by Crippen LogP contribution is 2.18. The Morgan fingerprint density at radius 2 is 1.22 bits per heavy atom. The van der Waals surface area contributed by atoms with Gasteiger partial charge in [0.25, 0.3) is 0 Å². The minimum absolute atomic E-state index is 0.641. The third kappa shape index (κ3) is 3.35. The molecule has 1 aromatic carbocycles. The fraction of sp³-hybridized carbons (Fsp3) is 0.625. The van der Waals surface area contributed by atoms with Gasteiger partial charge >= 0.3 is 0 Å². The first-order chi connectivity index (χ1) is 7.94. The lowest BCUT2D eigenvalue weighted by Gasteiger charge is -2.28. The number of hydrogen-bond donors (Lipinski definition) is 0. The highest BCUT2D eigenvalue weighted by molar-refractivity contribution is 6.90. The summed E-state index contributed by atoms with van der Waals surface area (Å²) >= 11 is 0. The summed E-state index contributed by atoms with van der Waals surface area (Å²) in [4.78, 5) is 0. The van der Waals surface area contributed by atoms with Crippen molar-refractivity contribution in [3.8, 4) is 0 Å². The van der Waals surface area contributed by atoms with Crippen molar-refractivity contribution in [3.63, 3.8) is 0 Å². The summed E-state index contributed by atoms with van der Waals surface area (Å²) in [6, 6.07) is 5.05. The van der Waals surface area contributed by atoms with E-state index in [1.807, 2.05) is 0 Å². The van der Waals surface area contributed by atoms with E-state index in [-0.39, 0.29) is 0 Å². The van der Waals surface area contributed by atoms with Gasteiger partial charge in [0.1, 0.15) is 0 Å². The van der Waals surface area contributed by atoms with Crippen molar-refractivity contribution in [2.45, 2.75) is 66.0 Å². The Bertz CT molecular complexity index is 432. The minimum atomic E-state index is -1.24. The van der Waals surface area contributed by atoms with Gasteiger partial charge in [-0.25, -0.2) is 0 Å². The van der Waals surface area contributed by atoms with Crippen molar-refractivity contribution >= 4 is 26.5 Å². The molecule has 0 spiro atoms. The molecule has 0 aliphatic heterocycles. The Morgan fingerprint density at radius 3 is 1.56 bits per heavy atom. The average Bonchev–Trinajstić information content (AvgIpc) is 2.13. The molecule has 0 N–H and O–H groups in total. The summed E-state index contributed by atoms with van der Waals surface area (Å²) < 4.78 is 0. The first-order valence-electron chi connectivity index (χ1n) is 7.10. The standard InChI is InChI=1S/C16H30Si2/c1-12(2)14-11-15(17(4,5)6)13(3)10-16(14)18(7,8)9/h10-12H,1-9H3. The Labute approximate surface area is 116 Å². The Morgan fingerprint density at radius 1 is 0.778 bits per heavy atom. The fourth-order valence-electron chi connectivity index (χ4n) is 2.66. The van der Waals surface area contributed by atoms with Gasteiger partial charge in [0.2, 0.25) is 0 Å². The molecule has 0 aliphatic carbocycles. The highest BCUT2D eigenvalue weighted by Gasteiger charge is 2.26. The van der Waals surface area contributed by atoms with Gasteiger partial charge in [-0.1, -0.05) is 81.2 Å². The molecule has 102 valence electrons. The number of hydrogen-bond acceptors (Lipinski definition) is 0. The topological polar surface area (TPSA) is 0 Å². The van der Waals surface area contributed by atoms with Crippen LogP contribution in [-0.2, 0) is 0 Å². The molecule has 0 amide bonds. The van der Waals surface area contributed by atoms with Crippen LogP contribution < -0.4 is 10.4 Å². The monoisotopic (exact) mass is 278 g/mol. The molecular formula is C16H30Si2. The fourth-order valence-corrected chi connectivity index (χ4v) is 6.38. The van der Waals surface area contributed by atoms with Crippen LogP contribution in [0.5, 0.6) is 0 Å². The largest absolute Gasteiger partial charge is 0.0779 e. The van der Waals surface area contributed by atoms with E-state index in [0.717, 1.165) is 0 Å². The maximum absolute atomic E-state index is 2.54. The third-order valence-electron chi connectivity index (χ3n) is 3.63. The van der Waals surface area contributed by atoms with Crippen LogP contribution in [0.1, 0.15) is 30.9 Å². The van der Waals surface area contributed by atoms with E-state index in [1.54, 1.807) is 15.9 Å². The third-order valence-corrected chi connectivity index (χ3v) is 7.84. The van der Waals surface area contributed by atoms with Crippen molar-refractivity contribution in [1.82, 2.24) is 0 Å². The second-order valence-electron chi connectivity index (χ2n) is 7.91. The molecule has 0 radical (unpaired) electrons. The van der Waals surface area contributed by atoms with Gasteiger partial charge in [0.15, 0.2) is 0 Å². The van der Waals surface area contributed by atoms with E-state index in [0.29, 0.717) is 5.92 Å². The van der Waals surface area contributed by atoms with Gasteiger partial charge < -0.3 is 0 Å². The van der Waals surface area contributed by atoms with Gasteiger partial charge in [-0.15, -0.1) is 0 Å². The van der Waals surface area contributed by atoms with E-state index in [4.69, 9.17) is 0 Å². The highest BCUT2D eigenvalue weighted by atomic mass is 28.3. The predicted molar refractivity (Wildman–Crippen MR) is 91.2 cm³/mol. The minimum Gasteiger partial charge on any atom is -0.0656 e. The van der Waals surface area contributed by atoms with Gasteiger partial charge in [0, 0.05) is 0 Å². The van der Waals surface area contributed by atoms with Crippen LogP contribution in [-0.4, -0.2) is 16.1 Å². The summed E-state index contributed by atoms with van der Waals surface area (Å²) in [5, 5.41) is 3.31. The van der Waals surface area contributed by atoms with Crippen LogP contribution in [0.25, 0.3) is 0 Å². The summed E-state index contributed by atoms with van der Waals surface area (Å²) in [6.07, 6.45) is 0. The summed E-state index contributed by atoms with van der Waals surface area (Å²) in [6.45, 7) is 21.7. The van der Waals surface area contributed by atoms with Gasteiger partial charge in [-0.3, -0.25) is 0 Å². The van der Waals surface area contributed by atoms with Crippen molar-refractivity contribution in [2.24, 2.45) is 0 Å². The Hall–Kier alpha value is -0.346. The zero-order chi connectivity index (χ0) is 14.3. The summed E-state index contributed by atoms with van der Waals surface area (Å²) in [5.74, 6) is 0.641. The van der Waals surface area contributed by atoms with Crippen LogP contribution in [0, 0.1) is 6.92 Å². The molecular weight excluding hydrogens is 248 g/mol. The smallest absolute Gasteiger partial charge is 0.0656 e. The van der Waals surface area contributed by atoms with Gasteiger partial charge in [-0.2, -0.15) is 0 Å². The molecule has 18 heavy (non-hydrogen) atoms. The van der Waals surface area contributed by atoms with E-state index in [2.05, 4.69) is 72.2 Å². The van der Waals surface area contributed by atoms with E-state index in [1.165, 1.54) is 5.56 Å². The molecule has 0 aromatic heterocycles. The van der Waals surface area contributed by atoms with Crippen LogP contribution in [0.2, 0.25) is 39.3 Å². The molecule has 0 aliphatic rings. The van der Waals surface area contributed by atoms with Crippen LogP contribution in [0.15, 0.2) is 12.1 Å². The molecule has 0 atom stereocenters. The summed E-state index contributed by atoms with van der Waals surface area (Å²) in [5.41, 5.74) is 3.13. The quantitative estimate of drug-likeness (QED) is 0.727. The van der Waals surface area contributed by atoms with E-state index < -0.39 is 16.1 Å². The maximum Gasteiger partial charge on any atom is 0.0779 e.